The summed E-state index contributed by atoms with van der Waals surface area (Å²) in [5, 5.41) is 0.536. The van der Waals surface area contributed by atoms with Crippen LogP contribution in [0.15, 0.2) is 28.8 Å². The van der Waals surface area contributed by atoms with E-state index < -0.39 is 0 Å². The van der Waals surface area contributed by atoms with E-state index in [2.05, 4.69) is 4.98 Å². The zero-order valence-electron chi connectivity index (χ0n) is 8.74. The lowest BCUT2D eigenvalue weighted by Crippen LogP contribution is -1.91. The summed E-state index contributed by atoms with van der Waals surface area (Å²) in [7, 11) is 0. The summed E-state index contributed by atoms with van der Waals surface area (Å²) in [6.07, 6.45) is 1.56. The third kappa shape index (κ3) is 2.12. The van der Waals surface area contributed by atoms with Crippen LogP contribution >= 0.6 is 11.6 Å². The second-order valence-electron chi connectivity index (χ2n) is 3.14. The molecule has 0 amide bonds. The standard InChI is InChI=1S/C11H11ClN2O2/c1-2-15-9-4-3-7(5-8(9)12)10-6-14-11(13)16-10/h3-6H,2H2,1H3,(H2,13,14). The molecule has 0 bridgehead atoms. The topological polar surface area (TPSA) is 61.3 Å². The average Bonchev–Trinajstić information content (AvgIpc) is 2.68. The van der Waals surface area contributed by atoms with Crippen molar-refractivity contribution in [3.05, 3.63) is 29.4 Å². The largest absolute Gasteiger partial charge is 0.492 e. The van der Waals surface area contributed by atoms with Gasteiger partial charge in [-0.1, -0.05) is 11.6 Å². The Kier molecular flexibility index (Phi) is 3.01. The number of halogens is 1. The summed E-state index contributed by atoms with van der Waals surface area (Å²) in [5.74, 6) is 1.24. The second-order valence-corrected chi connectivity index (χ2v) is 3.55. The van der Waals surface area contributed by atoms with Gasteiger partial charge in [0.2, 0.25) is 0 Å². The van der Waals surface area contributed by atoms with Crippen molar-refractivity contribution in [3.8, 4) is 17.1 Å². The lowest BCUT2D eigenvalue weighted by atomic mass is 10.2. The Morgan fingerprint density at radius 1 is 1.50 bits per heavy atom. The minimum absolute atomic E-state index is 0.139. The quantitative estimate of drug-likeness (QED) is 0.893. The normalized spacial score (nSPS) is 10.4. The number of nitrogen functional groups attached to an aromatic ring is 1. The van der Waals surface area contributed by atoms with Crippen LogP contribution in [0.5, 0.6) is 5.75 Å². The molecule has 0 fully saturated rings. The Bertz CT molecular complexity index is 496. The molecule has 4 nitrogen and oxygen atoms in total. The molecule has 5 heteroatoms. The van der Waals surface area contributed by atoms with E-state index in [1.54, 1.807) is 18.3 Å². The number of anilines is 1. The summed E-state index contributed by atoms with van der Waals surface area (Å²) in [6.45, 7) is 2.48. The first kappa shape index (κ1) is 10.8. The maximum atomic E-state index is 6.05. The van der Waals surface area contributed by atoms with Crippen molar-refractivity contribution >= 4 is 17.6 Å². The number of hydrogen-bond donors (Lipinski definition) is 1. The van der Waals surface area contributed by atoms with E-state index in [0.29, 0.717) is 23.1 Å². The molecule has 1 aromatic carbocycles. The number of ether oxygens (including phenoxy) is 1. The van der Waals surface area contributed by atoms with Gasteiger partial charge in [0.05, 0.1) is 17.8 Å². The molecule has 16 heavy (non-hydrogen) atoms. The molecule has 0 aliphatic rings. The van der Waals surface area contributed by atoms with E-state index in [-0.39, 0.29) is 6.01 Å². The number of nitrogens with zero attached hydrogens (tertiary/aromatic N) is 1. The van der Waals surface area contributed by atoms with Crippen molar-refractivity contribution in [2.45, 2.75) is 6.92 Å². The van der Waals surface area contributed by atoms with E-state index in [0.717, 1.165) is 5.56 Å². The van der Waals surface area contributed by atoms with Crippen LogP contribution in [-0.4, -0.2) is 11.6 Å². The molecule has 2 aromatic rings. The predicted octanol–water partition coefficient (Wildman–Crippen LogP) is 2.98. The molecule has 2 rings (SSSR count). The molecule has 0 aliphatic heterocycles. The minimum atomic E-state index is 0.139. The third-order valence-electron chi connectivity index (χ3n) is 2.04. The summed E-state index contributed by atoms with van der Waals surface area (Å²) in [4.78, 5) is 3.82. The zero-order chi connectivity index (χ0) is 11.5. The summed E-state index contributed by atoms with van der Waals surface area (Å²) < 4.78 is 10.5. The fraction of sp³-hybridized carbons (Fsp3) is 0.182. The van der Waals surface area contributed by atoms with Crippen LogP contribution in [-0.2, 0) is 0 Å². The van der Waals surface area contributed by atoms with Crippen molar-refractivity contribution in [3.63, 3.8) is 0 Å². The minimum Gasteiger partial charge on any atom is -0.492 e. The third-order valence-corrected chi connectivity index (χ3v) is 2.34. The summed E-state index contributed by atoms with van der Waals surface area (Å²) in [5.41, 5.74) is 6.21. The van der Waals surface area contributed by atoms with E-state index in [1.807, 2.05) is 13.0 Å². The first-order chi connectivity index (χ1) is 7.70. The van der Waals surface area contributed by atoms with Gasteiger partial charge < -0.3 is 14.9 Å². The molecule has 0 saturated heterocycles. The average molecular weight is 239 g/mol. The maximum Gasteiger partial charge on any atom is 0.292 e. The molecule has 1 aromatic heterocycles. The maximum absolute atomic E-state index is 6.05. The molecule has 0 unspecified atom stereocenters. The molecule has 0 aliphatic carbocycles. The van der Waals surface area contributed by atoms with Gasteiger partial charge in [-0.25, -0.2) is 4.98 Å². The number of nitrogens with two attached hydrogens (primary N) is 1. The van der Waals surface area contributed by atoms with Gasteiger partial charge in [0, 0.05) is 5.56 Å². The van der Waals surface area contributed by atoms with Crippen LogP contribution in [0, 0.1) is 0 Å². The van der Waals surface area contributed by atoms with Gasteiger partial charge in [-0.2, -0.15) is 0 Å². The Hall–Kier alpha value is -1.68. The van der Waals surface area contributed by atoms with Gasteiger partial charge in [0.25, 0.3) is 6.01 Å². The van der Waals surface area contributed by atoms with E-state index in [9.17, 15) is 0 Å². The number of benzene rings is 1. The monoisotopic (exact) mass is 238 g/mol. The van der Waals surface area contributed by atoms with Crippen molar-refractivity contribution in [2.24, 2.45) is 0 Å². The highest BCUT2D eigenvalue weighted by atomic mass is 35.5. The molecular formula is C11H11ClN2O2. The van der Waals surface area contributed by atoms with E-state index in [1.165, 1.54) is 0 Å². The van der Waals surface area contributed by atoms with Crippen LogP contribution in [0.4, 0.5) is 6.01 Å². The Morgan fingerprint density at radius 3 is 2.88 bits per heavy atom. The van der Waals surface area contributed by atoms with E-state index >= 15 is 0 Å². The van der Waals surface area contributed by atoms with Crippen molar-refractivity contribution in [1.29, 1.82) is 0 Å². The Labute approximate surface area is 98.0 Å². The van der Waals surface area contributed by atoms with Crippen LogP contribution in [0.25, 0.3) is 11.3 Å². The van der Waals surface area contributed by atoms with Gasteiger partial charge in [0.1, 0.15) is 5.75 Å². The molecule has 1 heterocycles. The highest BCUT2D eigenvalue weighted by molar-refractivity contribution is 6.32. The van der Waals surface area contributed by atoms with Crippen LogP contribution in [0.2, 0.25) is 5.02 Å². The van der Waals surface area contributed by atoms with Crippen molar-refractivity contribution in [2.75, 3.05) is 12.3 Å². The zero-order valence-corrected chi connectivity index (χ0v) is 9.49. The molecule has 0 atom stereocenters. The molecule has 0 spiro atoms. The first-order valence-corrected chi connectivity index (χ1v) is 5.22. The molecule has 0 radical (unpaired) electrons. The predicted molar refractivity (Wildman–Crippen MR) is 62.5 cm³/mol. The number of oxazole rings is 1. The highest BCUT2D eigenvalue weighted by Gasteiger charge is 2.07. The first-order valence-electron chi connectivity index (χ1n) is 4.84. The number of hydrogen-bond acceptors (Lipinski definition) is 4. The van der Waals surface area contributed by atoms with Gasteiger partial charge in [-0.05, 0) is 25.1 Å². The highest BCUT2D eigenvalue weighted by Crippen LogP contribution is 2.30. The van der Waals surface area contributed by atoms with Crippen LogP contribution < -0.4 is 10.5 Å². The number of aromatic nitrogens is 1. The van der Waals surface area contributed by atoms with Gasteiger partial charge in [0.15, 0.2) is 5.76 Å². The fourth-order valence-corrected chi connectivity index (χ4v) is 1.58. The lowest BCUT2D eigenvalue weighted by molar-refractivity contribution is 0.340. The fourth-order valence-electron chi connectivity index (χ4n) is 1.35. The molecular weight excluding hydrogens is 228 g/mol. The summed E-state index contributed by atoms with van der Waals surface area (Å²) in [6, 6.07) is 5.53. The van der Waals surface area contributed by atoms with Gasteiger partial charge >= 0.3 is 0 Å². The summed E-state index contributed by atoms with van der Waals surface area (Å²) >= 11 is 6.05. The SMILES string of the molecule is CCOc1ccc(-c2cnc(N)o2)cc1Cl. The van der Waals surface area contributed by atoms with Gasteiger partial charge in [-0.15, -0.1) is 0 Å². The second kappa shape index (κ2) is 4.45. The molecule has 0 saturated carbocycles. The van der Waals surface area contributed by atoms with Crippen molar-refractivity contribution < 1.29 is 9.15 Å². The van der Waals surface area contributed by atoms with E-state index in [4.69, 9.17) is 26.5 Å². The van der Waals surface area contributed by atoms with Gasteiger partial charge in [-0.3, -0.25) is 0 Å². The lowest BCUT2D eigenvalue weighted by Gasteiger charge is -2.06. The number of rotatable bonds is 3. The molecule has 2 N–H and O–H groups in total. The Balaban J connectivity index is 2.34. The van der Waals surface area contributed by atoms with Crippen LogP contribution in [0.3, 0.4) is 0 Å². The van der Waals surface area contributed by atoms with Crippen molar-refractivity contribution in [1.82, 2.24) is 4.98 Å². The Morgan fingerprint density at radius 2 is 2.31 bits per heavy atom. The molecule has 84 valence electrons. The smallest absolute Gasteiger partial charge is 0.292 e. The van der Waals surface area contributed by atoms with Crippen LogP contribution in [0.1, 0.15) is 6.92 Å².